The molecule has 2 unspecified atom stereocenters. The molecule has 4 aromatic rings. The Kier molecular flexibility index (Phi) is 4.59. The first-order valence-electron chi connectivity index (χ1n) is 9.90. The number of nitrogens with two attached hydrogens (primary N) is 1. The van der Waals surface area contributed by atoms with E-state index in [0.29, 0.717) is 17.1 Å². The van der Waals surface area contributed by atoms with Crippen molar-refractivity contribution in [1.82, 2.24) is 19.5 Å². The number of halogens is 2. The van der Waals surface area contributed by atoms with Gasteiger partial charge in [0.2, 0.25) is 0 Å². The molecule has 148 valence electrons. The molecule has 2 N–H and O–H groups in total. The van der Waals surface area contributed by atoms with E-state index in [1.165, 1.54) is 24.4 Å². The Morgan fingerprint density at radius 3 is 2.97 bits per heavy atom. The largest absolute Gasteiger partial charge is 0.381 e. The van der Waals surface area contributed by atoms with Gasteiger partial charge in [0.1, 0.15) is 17.1 Å². The van der Waals surface area contributed by atoms with Gasteiger partial charge in [0.15, 0.2) is 11.6 Å². The molecule has 0 aliphatic heterocycles. The molecular weight excluding hydrogens is 389 g/mol. The molecule has 0 bridgehead atoms. The van der Waals surface area contributed by atoms with Crippen LogP contribution in [0.5, 0.6) is 0 Å². The monoisotopic (exact) mass is 409 g/mol. The summed E-state index contributed by atoms with van der Waals surface area (Å²) in [5.41, 5.74) is 8.50. The van der Waals surface area contributed by atoms with Gasteiger partial charge >= 0.3 is 0 Å². The molecule has 29 heavy (non-hydrogen) atoms. The molecule has 0 spiro atoms. The highest BCUT2D eigenvalue weighted by Gasteiger charge is 2.27. The van der Waals surface area contributed by atoms with Crippen molar-refractivity contribution >= 4 is 39.4 Å². The molecule has 1 saturated carbocycles. The van der Waals surface area contributed by atoms with Crippen molar-refractivity contribution in [2.45, 2.75) is 38.1 Å². The van der Waals surface area contributed by atoms with Crippen molar-refractivity contribution in [1.29, 1.82) is 0 Å². The number of pyridine rings is 1. The molecule has 2 atom stereocenters. The maximum atomic E-state index is 13.6. The summed E-state index contributed by atoms with van der Waals surface area (Å²) in [7, 11) is 0. The molecule has 0 saturated heterocycles. The minimum absolute atomic E-state index is 0.0452. The lowest BCUT2D eigenvalue weighted by Gasteiger charge is -2.14. The number of nitrogen functional groups attached to an aromatic ring is 1. The van der Waals surface area contributed by atoms with Crippen molar-refractivity contribution in [3.8, 4) is 0 Å². The average molecular weight is 410 g/mol. The van der Waals surface area contributed by atoms with Gasteiger partial charge in [0.05, 0.1) is 10.9 Å². The molecule has 5 rings (SSSR count). The molecular formula is C22H21ClFN5. The van der Waals surface area contributed by atoms with Gasteiger partial charge in [0.25, 0.3) is 0 Å². The summed E-state index contributed by atoms with van der Waals surface area (Å²) in [6.07, 6.45) is 9.19. The normalized spacial score (nSPS) is 19.4. The Morgan fingerprint density at radius 1 is 1.17 bits per heavy atom. The quantitative estimate of drug-likeness (QED) is 0.462. The van der Waals surface area contributed by atoms with Crippen LogP contribution in [0.25, 0.3) is 21.9 Å². The maximum Gasteiger partial charge on any atom is 0.165 e. The maximum absolute atomic E-state index is 13.6. The highest BCUT2D eigenvalue weighted by Crippen LogP contribution is 2.39. The van der Waals surface area contributed by atoms with E-state index in [9.17, 15) is 4.39 Å². The minimum atomic E-state index is -0.466. The summed E-state index contributed by atoms with van der Waals surface area (Å²) in [5.74, 6) is 0.152. The number of hydrogen-bond acceptors (Lipinski definition) is 4. The van der Waals surface area contributed by atoms with E-state index in [1.54, 1.807) is 0 Å². The van der Waals surface area contributed by atoms with Gasteiger partial charge < -0.3 is 10.3 Å². The topological polar surface area (TPSA) is 69.6 Å². The molecule has 7 heteroatoms. The predicted molar refractivity (Wildman–Crippen MR) is 113 cm³/mol. The summed E-state index contributed by atoms with van der Waals surface area (Å²) in [5, 5.41) is 2.20. The van der Waals surface area contributed by atoms with Crippen LogP contribution in [0.3, 0.4) is 0 Å². The second-order valence-electron chi connectivity index (χ2n) is 7.88. The Bertz CT molecular complexity index is 1200. The molecule has 0 amide bonds. The van der Waals surface area contributed by atoms with Gasteiger partial charge in [-0.05, 0) is 61.8 Å². The van der Waals surface area contributed by atoms with Crippen LogP contribution in [0.15, 0.2) is 42.9 Å². The van der Waals surface area contributed by atoms with Gasteiger partial charge in [-0.1, -0.05) is 23.7 Å². The second kappa shape index (κ2) is 7.26. The highest BCUT2D eigenvalue weighted by atomic mass is 35.5. The Balaban J connectivity index is 1.27. The van der Waals surface area contributed by atoms with Crippen LogP contribution in [0, 0.1) is 11.7 Å². The number of fused-ring (bicyclic) bond motifs is 2. The number of aryl methyl sites for hydroxylation is 1. The standard InChI is InChI=1S/C22H21ClFN5/c23-20-17-7-8-29(22(17)27-12-26-20)16-6-4-13(9-16)1-2-14-3-5-15-11-18(24)21(25)28-19(15)10-14/h3,5,7-8,10-13,16H,1-2,4,6,9H2,(H2,25,28). The van der Waals surface area contributed by atoms with Gasteiger partial charge in [-0.3, -0.25) is 0 Å². The average Bonchev–Trinajstić information content (AvgIpc) is 3.35. The molecule has 3 aromatic heterocycles. The molecule has 5 nitrogen and oxygen atoms in total. The third-order valence-electron chi connectivity index (χ3n) is 6.07. The van der Waals surface area contributed by atoms with Crippen LogP contribution in [0.1, 0.15) is 37.3 Å². The van der Waals surface area contributed by atoms with Gasteiger partial charge in [-0.15, -0.1) is 0 Å². The smallest absolute Gasteiger partial charge is 0.165 e. The van der Waals surface area contributed by atoms with E-state index in [-0.39, 0.29) is 5.82 Å². The molecule has 3 heterocycles. The first-order valence-corrected chi connectivity index (χ1v) is 10.3. The highest BCUT2D eigenvalue weighted by molar-refractivity contribution is 6.33. The fourth-order valence-electron chi connectivity index (χ4n) is 4.53. The van der Waals surface area contributed by atoms with E-state index in [4.69, 9.17) is 17.3 Å². The number of nitrogens with zero attached hydrogens (tertiary/aromatic N) is 4. The molecule has 1 aliphatic rings. The van der Waals surface area contributed by atoms with Crippen molar-refractivity contribution in [2.24, 2.45) is 5.92 Å². The lowest BCUT2D eigenvalue weighted by atomic mass is 9.97. The number of rotatable bonds is 4. The molecule has 1 aromatic carbocycles. The molecule has 1 aliphatic carbocycles. The number of anilines is 1. The molecule has 1 fully saturated rings. The van der Waals surface area contributed by atoms with E-state index in [0.717, 1.165) is 47.6 Å². The summed E-state index contributed by atoms with van der Waals surface area (Å²) < 4.78 is 15.8. The number of hydrogen-bond donors (Lipinski definition) is 1. The predicted octanol–water partition coefficient (Wildman–Crippen LogP) is 5.33. The lowest BCUT2D eigenvalue weighted by Crippen LogP contribution is -2.06. The Morgan fingerprint density at radius 2 is 2.07 bits per heavy atom. The first-order chi connectivity index (χ1) is 14.1. The van der Waals surface area contributed by atoms with Crippen molar-refractivity contribution in [2.75, 3.05) is 5.73 Å². The zero-order chi connectivity index (χ0) is 20.0. The third-order valence-corrected chi connectivity index (χ3v) is 6.37. The number of aromatic nitrogens is 4. The van der Waals surface area contributed by atoms with Gasteiger partial charge in [-0.2, -0.15) is 0 Å². The van der Waals surface area contributed by atoms with Crippen LogP contribution in [-0.2, 0) is 6.42 Å². The first kappa shape index (κ1) is 18.3. The van der Waals surface area contributed by atoms with E-state index in [1.807, 2.05) is 18.2 Å². The fourth-order valence-corrected chi connectivity index (χ4v) is 4.72. The number of benzene rings is 1. The Hall–Kier alpha value is -2.73. The molecule has 0 radical (unpaired) electrons. The van der Waals surface area contributed by atoms with Crippen molar-refractivity contribution < 1.29 is 4.39 Å². The zero-order valence-electron chi connectivity index (χ0n) is 15.9. The van der Waals surface area contributed by atoms with Crippen LogP contribution in [-0.4, -0.2) is 19.5 Å². The summed E-state index contributed by atoms with van der Waals surface area (Å²) >= 11 is 6.18. The van der Waals surface area contributed by atoms with Crippen LogP contribution in [0.4, 0.5) is 10.2 Å². The summed E-state index contributed by atoms with van der Waals surface area (Å²) in [6, 6.07) is 9.90. The summed E-state index contributed by atoms with van der Waals surface area (Å²) in [4.78, 5) is 12.7. The van der Waals surface area contributed by atoms with Crippen LogP contribution in [0.2, 0.25) is 5.15 Å². The van der Waals surface area contributed by atoms with E-state index in [2.05, 4.69) is 31.8 Å². The second-order valence-corrected chi connectivity index (χ2v) is 8.24. The van der Waals surface area contributed by atoms with Gasteiger partial charge in [-0.25, -0.2) is 19.3 Å². The van der Waals surface area contributed by atoms with Gasteiger partial charge in [0, 0.05) is 17.6 Å². The summed E-state index contributed by atoms with van der Waals surface area (Å²) in [6.45, 7) is 0. The van der Waals surface area contributed by atoms with Crippen LogP contribution < -0.4 is 5.73 Å². The minimum Gasteiger partial charge on any atom is -0.381 e. The van der Waals surface area contributed by atoms with E-state index >= 15 is 0 Å². The Labute approximate surface area is 172 Å². The SMILES string of the molecule is Nc1nc2cc(CCC3CCC(n4ccc5c(Cl)ncnc54)C3)ccc2cc1F. The van der Waals surface area contributed by atoms with Crippen LogP contribution >= 0.6 is 11.6 Å². The van der Waals surface area contributed by atoms with Crippen molar-refractivity contribution in [3.63, 3.8) is 0 Å². The lowest BCUT2D eigenvalue weighted by molar-refractivity contribution is 0.461. The third kappa shape index (κ3) is 3.42. The van der Waals surface area contributed by atoms with E-state index < -0.39 is 5.82 Å². The fraction of sp³-hybridized carbons (Fsp3) is 0.318. The van der Waals surface area contributed by atoms with Crippen molar-refractivity contribution in [3.05, 3.63) is 59.4 Å². The zero-order valence-corrected chi connectivity index (χ0v) is 16.6.